The fourth-order valence-electron chi connectivity index (χ4n) is 2.85. The Labute approximate surface area is 180 Å². The lowest BCUT2D eigenvalue weighted by Crippen LogP contribution is -2.17. The molecule has 0 saturated heterocycles. The molecule has 0 heterocycles. The van der Waals surface area contributed by atoms with Crippen LogP contribution in [-0.4, -0.2) is 27.4 Å². The molecule has 2 aromatic carbocycles. The van der Waals surface area contributed by atoms with Gasteiger partial charge in [0.2, 0.25) is 0 Å². The summed E-state index contributed by atoms with van der Waals surface area (Å²) in [5.74, 6) is 0.444. The van der Waals surface area contributed by atoms with Crippen molar-refractivity contribution < 1.29 is 23.1 Å². The van der Waals surface area contributed by atoms with Crippen LogP contribution in [0.3, 0.4) is 0 Å². The zero-order valence-corrected chi connectivity index (χ0v) is 19.9. The van der Waals surface area contributed by atoms with Crippen LogP contribution in [0.4, 0.5) is 5.69 Å². The number of hydrogen-bond acceptors (Lipinski definition) is 6. The fourth-order valence-corrected chi connectivity index (χ4v) is 5.44. The van der Waals surface area contributed by atoms with Gasteiger partial charge in [-0.25, -0.2) is 0 Å². The molecule has 0 bridgehead atoms. The molecule has 6 nitrogen and oxygen atoms in total. The highest BCUT2D eigenvalue weighted by molar-refractivity contribution is 14.1. The van der Waals surface area contributed by atoms with E-state index in [1.807, 2.05) is 25.1 Å². The lowest BCUT2D eigenvalue weighted by molar-refractivity contribution is 0.213. The Kier molecular flexibility index (Phi) is 8.61. The molecule has 0 aliphatic carbocycles. The molecule has 0 amide bonds. The maximum atomic E-state index is 13.7. The largest absolute Gasteiger partial charge is 0.497 e. The first-order chi connectivity index (χ1) is 13.4. The van der Waals surface area contributed by atoms with Crippen LogP contribution in [0.2, 0.25) is 0 Å². The van der Waals surface area contributed by atoms with Gasteiger partial charge in [-0.2, -0.15) is 0 Å². The van der Waals surface area contributed by atoms with Crippen LogP contribution in [0, 0.1) is 10.5 Å². The second-order valence-corrected chi connectivity index (χ2v) is 9.35. The number of methoxy groups -OCH3 is 2. The lowest BCUT2D eigenvalue weighted by atomic mass is 10.1. The average molecular weight is 519 g/mol. The summed E-state index contributed by atoms with van der Waals surface area (Å²) >= 11 is 2.26. The number of hydrogen-bond donors (Lipinski definition) is 1. The molecule has 2 aromatic rings. The predicted molar refractivity (Wildman–Crippen MR) is 121 cm³/mol. The topological polar surface area (TPSA) is 66.0 Å². The molecule has 0 aliphatic rings. The summed E-state index contributed by atoms with van der Waals surface area (Å²) in [4.78, 5) is 0. The predicted octanol–water partition coefficient (Wildman–Crippen LogP) is 5.99. The highest BCUT2D eigenvalue weighted by atomic mass is 127. The first kappa shape index (κ1) is 23.0. The van der Waals surface area contributed by atoms with Crippen LogP contribution < -0.4 is 14.8 Å². The Hall–Kier alpha value is -1.28. The zero-order chi connectivity index (χ0) is 20.7. The molecule has 154 valence electrons. The van der Waals surface area contributed by atoms with Crippen molar-refractivity contribution in [2.24, 2.45) is 0 Å². The first-order valence-electron chi connectivity index (χ1n) is 9.01. The molecule has 28 heavy (non-hydrogen) atoms. The van der Waals surface area contributed by atoms with Crippen LogP contribution in [0.25, 0.3) is 0 Å². The Balaban J connectivity index is 2.60. The summed E-state index contributed by atoms with van der Waals surface area (Å²) in [6, 6.07) is 11.4. The van der Waals surface area contributed by atoms with Crippen LogP contribution in [0.15, 0.2) is 36.4 Å². The number of aryl methyl sites for hydroxylation is 1. The highest BCUT2D eigenvalue weighted by Gasteiger charge is 2.39. The maximum absolute atomic E-state index is 13.7. The van der Waals surface area contributed by atoms with Crippen LogP contribution in [0.1, 0.15) is 30.8 Å². The summed E-state index contributed by atoms with van der Waals surface area (Å²) in [6.45, 7) is 6.12. The van der Waals surface area contributed by atoms with Crippen molar-refractivity contribution in [2.45, 2.75) is 26.6 Å². The molecular weight excluding hydrogens is 492 g/mol. The van der Waals surface area contributed by atoms with Gasteiger partial charge in [-0.05, 0) is 79.3 Å². The van der Waals surface area contributed by atoms with Crippen molar-refractivity contribution in [3.8, 4) is 11.5 Å². The molecule has 0 saturated carbocycles. The number of ether oxygens (including phenoxy) is 2. The van der Waals surface area contributed by atoms with Crippen LogP contribution in [-0.2, 0) is 13.6 Å². The van der Waals surface area contributed by atoms with E-state index in [9.17, 15) is 4.57 Å². The van der Waals surface area contributed by atoms with Gasteiger partial charge in [-0.1, -0.05) is 0 Å². The Bertz CT molecular complexity index is 835. The van der Waals surface area contributed by atoms with E-state index < -0.39 is 13.4 Å². The summed E-state index contributed by atoms with van der Waals surface area (Å²) in [5, 5.41) is 3.38. The van der Waals surface area contributed by atoms with Crippen molar-refractivity contribution in [3.05, 3.63) is 51.1 Å². The van der Waals surface area contributed by atoms with E-state index in [0.717, 1.165) is 14.8 Å². The van der Waals surface area contributed by atoms with Crippen LogP contribution in [0.5, 0.6) is 11.5 Å². The number of nitrogens with one attached hydrogen (secondary N) is 1. The zero-order valence-electron chi connectivity index (χ0n) is 16.8. The van der Waals surface area contributed by atoms with Gasteiger partial charge in [0, 0.05) is 20.9 Å². The molecule has 1 N–H and O–H groups in total. The first-order valence-corrected chi connectivity index (χ1v) is 11.7. The van der Waals surface area contributed by atoms with Crippen molar-refractivity contribution in [1.29, 1.82) is 0 Å². The normalized spacial score (nSPS) is 12.5. The molecule has 0 radical (unpaired) electrons. The molecule has 0 aliphatic heterocycles. The molecule has 1 unspecified atom stereocenters. The van der Waals surface area contributed by atoms with E-state index in [-0.39, 0.29) is 13.2 Å². The van der Waals surface area contributed by atoms with Gasteiger partial charge in [-0.3, -0.25) is 4.57 Å². The van der Waals surface area contributed by atoms with Gasteiger partial charge in [0.1, 0.15) is 11.5 Å². The van der Waals surface area contributed by atoms with E-state index in [0.29, 0.717) is 17.1 Å². The third-order valence-electron chi connectivity index (χ3n) is 4.15. The van der Waals surface area contributed by atoms with Gasteiger partial charge in [0.15, 0.2) is 5.78 Å². The minimum Gasteiger partial charge on any atom is -0.497 e. The van der Waals surface area contributed by atoms with Crippen molar-refractivity contribution in [3.63, 3.8) is 0 Å². The van der Waals surface area contributed by atoms with E-state index in [2.05, 4.69) is 34.0 Å². The van der Waals surface area contributed by atoms with E-state index in [1.54, 1.807) is 40.2 Å². The smallest absolute Gasteiger partial charge is 0.357 e. The number of halogens is 1. The van der Waals surface area contributed by atoms with Crippen molar-refractivity contribution in [1.82, 2.24) is 0 Å². The molecular formula is C20H27INO5P. The molecule has 1 atom stereocenters. The summed E-state index contributed by atoms with van der Waals surface area (Å²) < 4.78 is 37.0. The van der Waals surface area contributed by atoms with Gasteiger partial charge < -0.3 is 23.8 Å². The average Bonchev–Trinajstić information content (AvgIpc) is 2.67. The second kappa shape index (κ2) is 10.5. The van der Waals surface area contributed by atoms with Gasteiger partial charge in [0.25, 0.3) is 0 Å². The highest BCUT2D eigenvalue weighted by Crippen LogP contribution is 2.62. The Morgan fingerprint density at radius 3 is 2.25 bits per heavy atom. The van der Waals surface area contributed by atoms with Gasteiger partial charge >= 0.3 is 7.60 Å². The van der Waals surface area contributed by atoms with Crippen molar-refractivity contribution in [2.75, 3.05) is 32.8 Å². The minimum atomic E-state index is -3.55. The third kappa shape index (κ3) is 5.41. The number of benzene rings is 2. The maximum Gasteiger partial charge on any atom is 0.357 e. The van der Waals surface area contributed by atoms with Crippen molar-refractivity contribution >= 4 is 35.9 Å². The molecule has 2 rings (SSSR count). The van der Waals surface area contributed by atoms with E-state index >= 15 is 0 Å². The number of rotatable bonds is 10. The monoisotopic (exact) mass is 519 g/mol. The number of anilines is 1. The van der Waals surface area contributed by atoms with E-state index in [1.165, 1.54) is 0 Å². The standard InChI is InChI=1S/C20H27INO5P/c1-6-26-28(23,27-7-2)20(22-18-11-8-15(21)12-14(18)3)17-10-9-16(24-4)13-19(17)25-5/h8-13,20,22H,6-7H2,1-5H3. The molecule has 8 heteroatoms. The third-order valence-corrected chi connectivity index (χ3v) is 7.10. The SMILES string of the molecule is CCOP(=O)(OCC)C(Nc1ccc(I)cc1C)c1ccc(OC)cc1OC. The Morgan fingerprint density at radius 1 is 1.04 bits per heavy atom. The van der Waals surface area contributed by atoms with E-state index in [4.69, 9.17) is 18.5 Å². The summed E-state index contributed by atoms with van der Waals surface area (Å²) in [5.41, 5.74) is 2.55. The molecule has 0 aromatic heterocycles. The molecule has 0 spiro atoms. The quantitative estimate of drug-likeness (QED) is 0.307. The van der Waals surface area contributed by atoms with Gasteiger partial charge in [0.05, 0.1) is 27.4 Å². The second-order valence-electron chi connectivity index (χ2n) is 5.99. The molecule has 0 fully saturated rings. The summed E-state index contributed by atoms with van der Waals surface area (Å²) in [6.07, 6.45) is 0. The van der Waals surface area contributed by atoms with Crippen LogP contribution >= 0.6 is 30.2 Å². The summed E-state index contributed by atoms with van der Waals surface area (Å²) in [7, 11) is -0.391. The van der Waals surface area contributed by atoms with Gasteiger partial charge in [-0.15, -0.1) is 0 Å². The lowest BCUT2D eigenvalue weighted by Gasteiger charge is -2.29. The Morgan fingerprint density at radius 2 is 1.71 bits per heavy atom. The fraction of sp³-hybridized carbons (Fsp3) is 0.400. The minimum absolute atomic E-state index is 0.263.